The molecule has 0 saturated heterocycles. The van der Waals surface area contributed by atoms with Gasteiger partial charge in [-0.2, -0.15) is 0 Å². The highest BCUT2D eigenvalue weighted by molar-refractivity contribution is 5.68. The van der Waals surface area contributed by atoms with Gasteiger partial charge in [0.2, 0.25) is 0 Å². The zero-order chi connectivity index (χ0) is 21.8. The van der Waals surface area contributed by atoms with Crippen LogP contribution in [0.15, 0.2) is 78.9 Å². The third kappa shape index (κ3) is 5.46. The highest BCUT2D eigenvalue weighted by Crippen LogP contribution is 2.36. The van der Waals surface area contributed by atoms with Crippen molar-refractivity contribution in [3.05, 3.63) is 95.6 Å². The summed E-state index contributed by atoms with van der Waals surface area (Å²) in [4.78, 5) is 12.4. The van der Waals surface area contributed by atoms with Crippen LogP contribution in [0, 0.1) is 0 Å². The SMILES string of the molecule is CC(C)(C)OC(=O)NC1Cc2ccccc2C1Cc1ccc(Oc2ccccc2)cc1. The van der Waals surface area contributed by atoms with Crippen LogP contribution in [0.3, 0.4) is 0 Å². The second-order valence-corrected chi connectivity index (χ2v) is 9.03. The predicted octanol–water partition coefficient (Wildman–Crippen LogP) is 6.25. The first-order chi connectivity index (χ1) is 14.9. The van der Waals surface area contributed by atoms with Gasteiger partial charge in [-0.25, -0.2) is 4.79 Å². The van der Waals surface area contributed by atoms with Gasteiger partial charge in [-0.3, -0.25) is 0 Å². The smallest absolute Gasteiger partial charge is 0.407 e. The van der Waals surface area contributed by atoms with Crippen molar-refractivity contribution in [3.63, 3.8) is 0 Å². The lowest BCUT2D eigenvalue weighted by Crippen LogP contribution is -2.41. The third-order valence-electron chi connectivity index (χ3n) is 5.44. The number of ether oxygens (including phenoxy) is 2. The van der Waals surface area contributed by atoms with E-state index >= 15 is 0 Å². The van der Waals surface area contributed by atoms with E-state index in [-0.39, 0.29) is 18.1 Å². The van der Waals surface area contributed by atoms with Crippen LogP contribution in [0.4, 0.5) is 4.79 Å². The molecule has 2 unspecified atom stereocenters. The molecule has 3 aromatic carbocycles. The number of carbonyl (C=O) groups is 1. The van der Waals surface area contributed by atoms with Crippen molar-refractivity contribution in [2.24, 2.45) is 0 Å². The van der Waals surface area contributed by atoms with Gasteiger partial charge >= 0.3 is 6.09 Å². The number of nitrogens with one attached hydrogen (secondary N) is 1. The predicted molar refractivity (Wildman–Crippen MR) is 123 cm³/mol. The molecule has 2 atom stereocenters. The zero-order valence-corrected chi connectivity index (χ0v) is 18.3. The molecule has 1 amide bonds. The fourth-order valence-electron chi connectivity index (χ4n) is 4.11. The molecule has 3 aromatic rings. The molecule has 1 N–H and O–H groups in total. The van der Waals surface area contributed by atoms with E-state index in [0.717, 1.165) is 24.3 Å². The molecule has 4 nitrogen and oxygen atoms in total. The molecule has 1 aliphatic rings. The Morgan fingerprint density at radius 3 is 2.26 bits per heavy atom. The Balaban J connectivity index is 1.48. The van der Waals surface area contributed by atoms with E-state index in [0.29, 0.717) is 0 Å². The van der Waals surface area contributed by atoms with E-state index in [4.69, 9.17) is 9.47 Å². The van der Waals surface area contributed by atoms with Gasteiger partial charge in [0.05, 0.1) is 0 Å². The van der Waals surface area contributed by atoms with Gasteiger partial charge in [0.25, 0.3) is 0 Å². The lowest BCUT2D eigenvalue weighted by molar-refractivity contribution is 0.0499. The van der Waals surface area contributed by atoms with Crippen LogP contribution in [0.25, 0.3) is 0 Å². The van der Waals surface area contributed by atoms with Crippen molar-refractivity contribution < 1.29 is 14.3 Å². The average Bonchev–Trinajstić information content (AvgIpc) is 3.06. The number of alkyl carbamates (subject to hydrolysis) is 1. The molecule has 0 fully saturated rings. The number of fused-ring (bicyclic) bond motifs is 1. The van der Waals surface area contributed by atoms with Crippen LogP contribution in [0.5, 0.6) is 11.5 Å². The molecule has 0 saturated carbocycles. The zero-order valence-electron chi connectivity index (χ0n) is 18.3. The Bertz CT molecular complexity index is 1020. The molecule has 160 valence electrons. The van der Waals surface area contributed by atoms with E-state index in [2.05, 4.69) is 41.7 Å². The summed E-state index contributed by atoms with van der Waals surface area (Å²) in [5.41, 5.74) is 3.28. The van der Waals surface area contributed by atoms with Gasteiger partial charge in [0, 0.05) is 12.0 Å². The van der Waals surface area contributed by atoms with Crippen molar-refractivity contribution in [1.82, 2.24) is 5.32 Å². The highest BCUT2D eigenvalue weighted by Gasteiger charge is 2.34. The lowest BCUT2D eigenvalue weighted by Gasteiger charge is -2.25. The first kappa shape index (κ1) is 21.0. The van der Waals surface area contributed by atoms with Crippen LogP contribution in [-0.4, -0.2) is 17.7 Å². The largest absolute Gasteiger partial charge is 0.457 e. The number of hydrogen-bond acceptors (Lipinski definition) is 3. The molecule has 0 heterocycles. The van der Waals surface area contributed by atoms with E-state index in [1.165, 1.54) is 16.7 Å². The first-order valence-corrected chi connectivity index (χ1v) is 10.8. The van der Waals surface area contributed by atoms with Crippen LogP contribution in [-0.2, 0) is 17.6 Å². The quantitative estimate of drug-likeness (QED) is 0.535. The number of carbonyl (C=O) groups excluding carboxylic acids is 1. The van der Waals surface area contributed by atoms with Crippen molar-refractivity contribution in [2.75, 3.05) is 0 Å². The van der Waals surface area contributed by atoms with Crippen LogP contribution in [0.1, 0.15) is 43.4 Å². The van der Waals surface area contributed by atoms with E-state index < -0.39 is 5.60 Å². The van der Waals surface area contributed by atoms with Gasteiger partial charge in [-0.15, -0.1) is 0 Å². The van der Waals surface area contributed by atoms with Crippen molar-refractivity contribution in [3.8, 4) is 11.5 Å². The molecule has 4 heteroatoms. The summed E-state index contributed by atoms with van der Waals surface area (Å²) in [6, 6.07) is 26.4. The van der Waals surface area contributed by atoms with Gasteiger partial charge in [0.1, 0.15) is 17.1 Å². The third-order valence-corrected chi connectivity index (χ3v) is 5.44. The Labute approximate surface area is 184 Å². The molecule has 4 rings (SSSR count). The first-order valence-electron chi connectivity index (χ1n) is 10.8. The molecule has 31 heavy (non-hydrogen) atoms. The summed E-state index contributed by atoms with van der Waals surface area (Å²) >= 11 is 0. The molecule has 1 aliphatic carbocycles. The summed E-state index contributed by atoms with van der Waals surface area (Å²) in [6.45, 7) is 5.64. The molecular formula is C27H29NO3. The molecular weight excluding hydrogens is 386 g/mol. The molecule has 0 radical (unpaired) electrons. The fourth-order valence-corrected chi connectivity index (χ4v) is 4.11. The van der Waals surface area contributed by atoms with Crippen molar-refractivity contribution in [2.45, 2.75) is 51.2 Å². The van der Waals surface area contributed by atoms with Gasteiger partial charge in [0.15, 0.2) is 0 Å². The Hall–Kier alpha value is -3.27. The van der Waals surface area contributed by atoms with E-state index in [1.807, 2.05) is 63.2 Å². The minimum absolute atomic E-state index is 0.00694. The maximum absolute atomic E-state index is 12.4. The van der Waals surface area contributed by atoms with Gasteiger partial charge in [-0.05, 0) is 74.6 Å². The second kappa shape index (κ2) is 8.84. The topological polar surface area (TPSA) is 47.6 Å². The normalized spacial score (nSPS) is 17.6. The summed E-state index contributed by atoms with van der Waals surface area (Å²) in [6.07, 6.45) is 1.29. The van der Waals surface area contributed by atoms with E-state index in [1.54, 1.807) is 0 Å². The second-order valence-electron chi connectivity index (χ2n) is 9.03. The summed E-state index contributed by atoms with van der Waals surface area (Å²) in [5.74, 6) is 1.83. The number of para-hydroxylation sites is 1. The monoisotopic (exact) mass is 415 g/mol. The number of hydrogen-bond donors (Lipinski definition) is 1. The summed E-state index contributed by atoms with van der Waals surface area (Å²) in [7, 11) is 0. The standard InChI is InChI=1S/C27H29NO3/c1-27(2,3)31-26(29)28-25-18-20-9-7-8-12-23(20)24(25)17-19-13-15-22(16-14-19)30-21-10-5-4-6-11-21/h4-16,24-25H,17-18H2,1-3H3,(H,28,29). The molecule has 0 aromatic heterocycles. The Morgan fingerprint density at radius 2 is 1.55 bits per heavy atom. The van der Waals surface area contributed by atoms with Crippen molar-refractivity contribution >= 4 is 6.09 Å². The summed E-state index contributed by atoms with van der Waals surface area (Å²) < 4.78 is 11.4. The lowest BCUT2D eigenvalue weighted by atomic mass is 9.91. The maximum Gasteiger partial charge on any atom is 0.407 e. The number of benzene rings is 3. The van der Waals surface area contributed by atoms with Gasteiger partial charge < -0.3 is 14.8 Å². The average molecular weight is 416 g/mol. The maximum atomic E-state index is 12.4. The summed E-state index contributed by atoms with van der Waals surface area (Å²) in [5, 5.41) is 3.11. The van der Waals surface area contributed by atoms with Gasteiger partial charge in [-0.1, -0.05) is 54.6 Å². The minimum atomic E-state index is -0.514. The molecule has 0 spiro atoms. The van der Waals surface area contributed by atoms with Crippen LogP contribution in [0.2, 0.25) is 0 Å². The molecule has 0 bridgehead atoms. The van der Waals surface area contributed by atoms with Crippen molar-refractivity contribution in [1.29, 1.82) is 0 Å². The number of amides is 1. The van der Waals surface area contributed by atoms with Crippen LogP contribution < -0.4 is 10.1 Å². The Kier molecular flexibility index (Phi) is 5.99. The highest BCUT2D eigenvalue weighted by atomic mass is 16.6. The molecule has 0 aliphatic heterocycles. The van der Waals surface area contributed by atoms with Crippen LogP contribution >= 0.6 is 0 Å². The number of rotatable bonds is 5. The Morgan fingerprint density at radius 1 is 0.903 bits per heavy atom. The minimum Gasteiger partial charge on any atom is -0.457 e. The fraction of sp³-hybridized carbons (Fsp3) is 0.296. The van der Waals surface area contributed by atoms with E-state index in [9.17, 15) is 4.79 Å².